The number of halogens is 1. The van der Waals surface area contributed by atoms with Crippen molar-refractivity contribution >= 4 is 15.9 Å². The lowest BCUT2D eigenvalue weighted by Crippen LogP contribution is -2.35. The largest absolute Gasteiger partial charge is 0.308 e. The van der Waals surface area contributed by atoms with Gasteiger partial charge in [-0.25, -0.2) is 0 Å². The van der Waals surface area contributed by atoms with Gasteiger partial charge in [-0.1, -0.05) is 34.1 Å². The van der Waals surface area contributed by atoms with Crippen LogP contribution in [0.1, 0.15) is 26.3 Å². The zero-order valence-corrected chi connectivity index (χ0v) is 13.5. The molecular formula is C15H20BrN3. The van der Waals surface area contributed by atoms with E-state index in [0.29, 0.717) is 0 Å². The summed E-state index contributed by atoms with van der Waals surface area (Å²) in [5.74, 6) is 0. The Kier molecular flexibility index (Phi) is 4.11. The van der Waals surface area contributed by atoms with Gasteiger partial charge < -0.3 is 5.32 Å². The zero-order chi connectivity index (χ0) is 14.0. The predicted octanol–water partition coefficient (Wildman–Crippen LogP) is 3.74. The Morgan fingerprint density at radius 2 is 1.95 bits per heavy atom. The van der Waals surface area contributed by atoms with Crippen molar-refractivity contribution in [2.75, 3.05) is 0 Å². The zero-order valence-electron chi connectivity index (χ0n) is 11.9. The molecule has 0 spiro atoms. The summed E-state index contributed by atoms with van der Waals surface area (Å²) in [6.07, 6.45) is 2.08. The van der Waals surface area contributed by atoms with Gasteiger partial charge in [0.05, 0.1) is 5.69 Å². The van der Waals surface area contributed by atoms with Gasteiger partial charge >= 0.3 is 0 Å². The van der Waals surface area contributed by atoms with E-state index < -0.39 is 0 Å². The van der Waals surface area contributed by atoms with Crippen LogP contribution in [0.25, 0.3) is 11.3 Å². The van der Waals surface area contributed by atoms with Crippen molar-refractivity contribution in [3.8, 4) is 11.3 Å². The standard InChI is InChI=1S/C15H20BrN3/c1-15(2,3)17-9-11-10-19(4)18-14(11)12-7-5-6-8-13(12)16/h5-8,10,17H,9H2,1-4H3. The van der Waals surface area contributed by atoms with E-state index in [4.69, 9.17) is 0 Å². The molecule has 19 heavy (non-hydrogen) atoms. The maximum Gasteiger partial charge on any atom is 0.0979 e. The fraction of sp³-hybridized carbons (Fsp3) is 0.400. The van der Waals surface area contributed by atoms with Crippen LogP contribution in [0.3, 0.4) is 0 Å². The second-order valence-electron chi connectivity index (χ2n) is 5.76. The van der Waals surface area contributed by atoms with Crippen molar-refractivity contribution in [3.05, 3.63) is 40.5 Å². The Labute approximate surface area is 123 Å². The van der Waals surface area contributed by atoms with Crippen molar-refractivity contribution in [2.45, 2.75) is 32.9 Å². The van der Waals surface area contributed by atoms with Gasteiger partial charge in [-0.2, -0.15) is 5.10 Å². The van der Waals surface area contributed by atoms with Crippen molar-refractivity contribution < 1.29 is 0 Å². The molecule has 0 bridgehead atoms. The topological polar surface area (TPSA) is 29.9 Å². The second-order valence-corrected chi connectivity index (χ2v) is 6.61. The maximum atomic E-state index is 4.59. The number of aryl methyl sites for hydroxylation is 1. The number of aromatic nitrogens is 2. The van der Waals surface area contributed by atoms with Gasteiger partial charge in [0, 0.05) is 40.9 Å². The van der Waals surface area contributed by atoms with Crippen LogP contribution in [0.15, 0.2) is 34.9 Å². The van der Waals surface area contributed by atoms with E-state index in [0.717, 1.165) is 22.3 Å². The lowest BCUT2D eigenvalue weighted by Gasteiger charge is -2.20. The SMILES string of the molecule is Cn1cc(CNC(C)(C)C)c(-c2ccccc2Br)n1. The first-order chi connectivity index (χ1) is 8.87. The Hall–Kier alpha value is -1.13. The van der Waals surface area contributed by atoms with Crippen molar-refractivity contribution in [2.24, 2.45) is 7.05 Å². The quantitative estimate of drug-likeness (QED) is 0.933. The minimum Gasteiger partial charge on any atom is -0.308 e. The second kappa shape index (κ2) is 5.47. The third kappa shape index (κ3) is 3.67. The molecule has 1 aromatic heterocycles. The fourth-order valence-corrected chi connectivity index (χ4v) is 2.38. The van der Waals surface area contributed by atoms with Crippen LogP contribution in [0.2, 0.25) is 0 Å². The molecule has 0 fully saturated rings. The van der Waals surface area contributed by atoms with Crippen LogP contribution in [0.5, 0.6) is 0 Å². The molecule has 0 unspecified atom stereocenters. The molecule has 0 amide bonds. The number of rotatable bonds is 3. The Bertz CT molecular complexity index is 567. The lowest BCUT2D eigenvalue weighted by atomic mass is 10.1. The molecule has 4 heteroatoms. The molecule has 0 atom stereocenters. The van der Waals surface area contributed by atoms with Crippen LogP contribution in [-0.2, 0) is 13.6 Å². The van der Waals surface area contributed by atoms with Gasteiger partial charge in [0.2, 0.25) is 0 Å². The van der Waals surface area contributed by atoms with Crippen LogP contribution < -0.4 is 5.32 Å². The molecule has 0 saturated heterocycles. The van der Waals surface area contributed by atoms with Crippen molar-refractivity contribution in [1.82, 2.24) is 15.1 Å². The Balaban J connectivity index is 2.34. The first-order valence-corrected chi connectivity index (χ1v) is 7.18. The average molecular weight is 322 g/mol. The summed E-state index contributed by atoms with van der Waals surface area (Å²) in [4.78, 5) is 0. The highest BCUT2D eigenvalue weighted by molar-refractivity contribution is 9.10. The summed E-state index contributed by atoms with van der Waals surface area (Å²) in [7, 11) is 1.96. The molecular weight excluding hydrogens is 302 g/mol. The van der Waals surface area contributed by atoms with Gasteiger partial charge in [0.15, 0.2) is 0 Å². The predicted molar refractivity (Wildman–Crippen MR) is 82.9 cm³/mol. The summed E-state index contributed by atoms with van der Waals surface area (Å²) in [6.45, 7) is 7.32. The van der Waals surface area contributed by atoms with Gasteiger partial charge in [0.1, 0.15) is 0 Å². The summed E-state index contributed by atoms with van der Waals surface area (Å²) in [6, 6.07) is 8.19. The van der Waals surface area contributed by atoms with E-state index in [1.807, 2.05) is 29.9 Å². The number of nitrogens with one attached hydrogen (secondary N) is 1. The third-order valence-corrected chi connectivity index (χ3v) is 3.53. The first-order valence-electron chi connectivity index (χ1n) is 6.39. The van der Waals surface area contributed by atoms with E-state index in [9.17, 15) is 0 Å². The molecule has 0 aliphatic rings. The van der Waals surface area contributed by atoms with Crippen LogP contribution >= 0.6 is 15.9 Å². The van der Waals surface area contributed by atoms with Gasteiger partial charge in [-0.15, -0.1) is 0 Å². The Morgan fingerprint density at radius 3 is 2.58 bits per heavy atom. The normalized spacial score (nSPS) is 11.8. The molecule has 0 aliphatic carbocycles. The van der Waals surface area contributed by atoms with E-state index in [2.05, 4.69) is 59.4 Å². The van der Waals surface area contributed by atoms with Gasteiger partial charge in [-0.3, -0.25) is 4.68 Å². The summed E-state index contributed by atoms with van der Waals surface area (Å²) >= 11 is 3.60. The molecule has 1 heterocycles. The molecule has 2 rings (SSSR count). The maximum absolute atomic E-state index is 4.59. The van der Waals surface area contributed by atoms with E-state index in [1.165, 1.54) is 5.56 Å². The number of hydrogen-bond acceptors (Lipinski definition) is 2. The van der Waals surface area contributed by atoms with Crippen LogP contribution in [0.4, 0.5) is 0 Å². The number of hydrogen-bond donors (Lipinski definition) is 1. The molecule has 0 aliphatic heterocycles. The summed E-state index contributed by atoms with van der Waals surface area (Å²) in [5, 5.41) is 8.10. The van der Waals surface area contributed by atoms with Crippen molar-refractivity contribution in [3.63, 3.8) is 0 Å². The lowest BCUT2D eigenvalue weighted by molar-refractivity contribution is 0.424. The molecule has 3 nitrogen and oxygen atoms in total. The highest BCUT2D eigenvalue weighted by atomic mass is 79.9. The van der Waals surface area contributed by atoms with Crippen molar-refractivity contribution in [1.29, 1.82) is 0 Å². The fourth-order valence-electron chi connectivity index (χ4n) is 1.91. The number of nitrogens with zero attached hydrogens (tertiary/aromatic N) is 2. The van der Waals surface area contributed by atoms with E-state index in [-0.39, 0.29) is 5.54 Å². The smallest absolute Gasteiger partial charge is 0.0979 e. The van der Waals surface area contributed by atoms with Crippen LogP contribution in [0, 0.1) is 0 Å². The Morgan fingerprint density at radius 1 is 1.26 bits per heavy atom. The molecule has 2 aromatic rings. The number of benzene rings is 1. The molecule has 0 radical (unpaired) electrons. The first kappa shape index (κ1) is 14.3. The third-order valence-electron chi connectivity index (χ3n) is 2.84. The van der Waals surface area contributed by atoms with Gasteiger partial charge in [0.25, 0.3) is 0 Å². The summed E-state index contributed by atoms with van der Waals surface area (Å²) in [5.41, 5.74) is 3.48. The summed E-state index contributed by atoms with van der Waals surface area (Å²) < 4.78 is 2.94. The van der Waals surface area contributed by atoms with E-state index in [1.54, 1.807) is 0 Å². The van der Waals surface area contributed by atoms with Gasteiger partial charge in [-0.05, 0) is 26.8 Å². The highest BCUT2D eigenvalue weighted by Gasteiger charge is 2.15. The molecule has 0 saturated carbocycles. The molecule has 1 N–H and O–H groups in total. The molecule has 102 valence electrons. The minimum absolute atomic E-state index is 0.0982. The highest BCUT2D eigenvalue weighted by Crippen LogP contribution is 2.29. The molecule has 1 aromatic carbocycles. The van der Waals surface area contributed by atoms with E-state index >= 15 is 0 Å². The monoisotopic (exact) mass is 321 g/mol. The van der Waals surface area contributed by atoms with Crippen LogP contribution in [-0.4, -0.2) is 15.3 Å². The minimum atomic E-state index is 0.0982. The average Bonchev–Trinajstić information content (AvgIpc) is 2.67.